The quantitative estimate of drug-likeness (QED) is 0.607. The van der Waals surface area contributed by atoms with Crippen LogP contribution in [0.2, 0.25) is 0 Å². The molecule has 0 radical (unpaired) electrons. The van der Waals surface area contributed by atoms with Crippen LogP contribution in [-0.2, 0) is 19.7 Å². The van der Waals surface area contributed by atoms with Crippen molar-refractivity contribution in [1.82, 2.24) is 0 Å². The van der Waals surface area contributed by atoms with Gasteiger partial charge < -0.3 is 0 Å². The number of hydrogen-bond donors (Lipinski definition) is 0. The second-order valence-corrected chi connectivity index (χ2v) is 3.07. The molecule has 0 saturated heterocycles. The summed E-state index contributed by atoms with van der Waals surface area (Å²) in [5, 5.41) is 0. The molecule has 0 aromatic heterocycles. The standard InChI is InChI=1S/C5H11ClO3S/c1-5(2)9-10(7)8-4-3-6/h5H,3-4H2,1-2H3. The first-order valence-corrected chi connectivity index (χ1v) is 4.48. The lowest BCUT2D eigenvalue weighted by Crippen LogP contribution is -2.09. The molecule has 0 amide bonds. The van der Waals surface area contributed by atoms with Crippen molar-refractivity contribution in [3.8, 4) is 0 Å². The Bertz CT molecular complexity index is 107. The Kier molecular flexibility index (Phi) is 6.31. The number of alkyl halides is 1. The van der Waals surface area contributed by atoms with Crippen LogP contribution >= 0.6 is 11.6 Å². The Morgan fingerprint density at radius 1 is 1.60 bits per heavy atom. The Morgan fingerprint density at radius 3 is 2.60 bits per heavy atom. The molecule has 1 atom stereocenters. The first kappa shape index (κ1) is 10.4. The normalized spacial score (nSPS) is 14.0. The Morgan fingerprint density at radius 2 is 2.20 bits per heavy atom. The molecule has 0 aliphatic rings. The van der Waals surface area contributed by atoms with Crippen LogP contribution in [0.5, 0.6) is 0 Å². The van der Waals surface area contributed by atoms with E-state index in [0.29, 0.717) is 5.88 Å². The van der Waals surface area contributed by atoms with E-state index in [4.69, 9.17) is 15.8 Å². The average Bonchev–Trinajstić information content (AvgIpc) is 1.82. The predicted octanol–water partition coefficient (Wildman–Crippen LogP) is 1.25. The molecule has 1 unspecified atom stereocenters. The summed E-state index contributed by atoms with van der Waals surface area (Å²) in [5.41, 5.74) is 0. The van der Waals surface area contributed by atoms with Crippen molar-refractivity contribution in [2.24, 2.45) is 0 Å². The molecule has 0 spiro atoms. The van der Waals surface area contributed by atoms with Crippen molar-refractivity contribution in [3.05, 3.63) is 0 Å². The molecule has 0 aliphatic heterocycles. The minimum atomic E-state index is -1.63. The topological polar surface area (TPSA) is 35.5 Å². The van der Waals surface area contributed by atoms with Crippen molar-refractivity contribution in [3.63, 3.8) is 0 Å². The molecule has 5 heteroatoms. The monoisotopic (exact) mass is 186 g/mol. The molecule has 0 fully saturated rings. The largest absolute Gasteiger partial charge is 0.304 e. The van der Waals surface area contributed by atoms with Gasteiger partial charge in [-0.25, -0.2) is 0 Å². The van der Waals surface area contributed by atoms with Crippen LogP contribution in [0.15, 0.2) is 0 Å². The second kappa shape index (κ2) is 6.09. The van der Waals surface area contributed by atoms with Gasteiger partial charge in [0, 0.05) is 5.88 Å². The summed E-state index contributed by atoms with van der Waals surface area (Å²) < 4.78 is 20.0. The maximum atomic E-state index is 10.6. The van der Waals surface area contributed by atoms with Crippen LogP contribution in [0.25, 0.3) is 0 Å². The van der Waals surface area contributed by atoms with Crippen LogP contribution in [0.1, 0.15) is 13.8 Å². The first-order chi connectivity index (χ1) is 4.66. The minimum Gasteiger partial charge on any atom is -0.267 e. The third-order valence-electron chi connectivity index (χ3n) is 0.528. The van der Waals surface area contributed by atoms with Gasteiger partial charge in [0.25, 0.3) is 0 Å². The van der Waals surface area contributed by atoms with Gasteiger partial charge in [0.2, 0.25) is 0 Å². The van der Waals surface area contributed by atoms with E-state index < -0.39 is 11.4 Å². The van der Waals surface area contributed by atoms with Crippen LogP contribution in [-0.4, -0.2) is 22.8 Å². The molecule has 0 rings (SSSR count). The summed E-state index contributed by atoms with van der Waals surface area (Å²) in [6.07, 6.45) is -0.0869. The van der Waals surface area contributed by atoms with Gasteiger partial charge in [-0.1, -0.05) is 0 Å². The van der Waals surface area contributed by atoms with Crippen molar-refractivity contribution >= 4 is 23.0 Å². The van der Waals surface area contributed by atoms with Gasteiger partial charge in [0.05, 0.1) is 12.7 Å². The molecule has 0 N–H and O–H groups in total. The van der Waals surface area contributed by atoms with Crippen molar-refractivity contribution in [1.29, 1.82) is 0 Å². The number of rotatable bonds is 5. The summed E-state index contributed by atoms with van der Waals surface area (Å²) >= 11 is 3.63. The summed E-state index contributed by atoms with van der Waals surface area (Å²) in [6, 6.07) is 0. The Hall–Kier alpha value is 0.360. The second-order valence-electron chi connectivity index (χ2n) is 1.86. The average molecular weight is 187 g/mol. The molecule has 3 nitrogen and oxygen atoms in total. The van der Waals surface area contributed by atoms with Gasteiger partial charge in [-0.3, -0.25) is 8.37 Å². The van der Waals surface area contributed by atoms with Gasteiger partial charge >= 0.3 is 11.4 Å². The van der Waals surface area contributed by atoms with E-state index in [-0.39, 0.29) is 12.7 Å². The van der Waals surface area contributed by atoms with Gasteiger partial charge in [0.1, 0.15) is 0 Å². The maximum absolute atomic E-state index is 10.6. The molecule has 0 heterocycles. The van der Waals surface area contributed by atoms with E-state index >= 15 is 0 Å². The van der Waals surface area contributed by atoms with E-state index in [2.05, 4.69) is 4.18 Å². The van der Waals surface area contributed by atoms with E-state index in [0.717, 1.165) is 0 Å². The molecular weight excluding hydrogens is 176 g/mol. The highest BCUT2D eigenvalue weighted by Gasteiger charge is 2.02. The van der Waals surface area contributed by atoms with Gasteiger partial charge in [-0.15, -0.1) is 11.6 Å². The molecule has 0 aromatic rings. The van der Waals surface area contributed by atoms with Crippen LogP contribution in [0.3, 0.4) is 0 Å². The van der Waals surface area contributed by atoms with E-state index in [1.54, 1.807) is 13.8 Å². The zero-order chi connectivity index (χ0) is 7.98. The molecular formula is C5H11ClO3S. The maximum Gasteiger partial charge on any atom is 0.304 e. The lowest BCUT2D eigenvalue weighted by Gasteiger charge is -2.04. The molecule has 0 saturated carbocycles. The fourth-order valence-corrected chi connectivity index (χ4v) is 1.04. The molecule has 0 aromatic carbocycles. The van der Waals surface area contributed by atoms with E-state index in [1.807, 2.05) is 0 Å². The minimum absolute atomic E-state index is 0.0869. The van der Waals surface area contributed by atoms with Gasteiger partial charge in [0.15, 0.2) is 0 Å². The highest BCUT2D eigenvalue weighted by molar-refractivity contribution is 7.75. The fourth-order valence-electron chi connectivity index (χ4n) is 0.284. The Balaban J connectivity index is 3.26. The molecule has 0 bridgehead atoms. The van der Waals surface area contributed by atoms with Gasteiger partial charge in [-0.05, 0) is 13.8 Å². The summed E-state index contributed by atoms with van der Waals surface area (Å²) in [4.78, 5) is 0. The zero-order valence-corrected chi connectivity index (χ0v) is 7.57. The molecule has 62 valence electrons. The van der Waals surface area contributed by atoms with Crippen LogP contribution in [0.4, 0.5) is 0 Å². The van der Waals surface area contributed by atoms with Crippen LogP contribution in [0, 0.1) is 0 Å². The third-order valence-corrected chi connectivity index (χ3v) is 1.58. The molecule has 10 heavy (non-hydrogen) atoms. The van der Waals surface area contributed by atoms with Crippen molar-refractivity contribution < 1.29 is 12.6 Å². The smallest absolute Gasteiger partial charge is 0.267 e. The highest BCUT2D eigenvalue weighted by Crippen LogP contribution is 1.95. The number of hydrogen-bond acceptors (Lipinski definition) is 3. The predicted molar refractivity (Wildman–Crippen MR) is 41.0 cm³/mol. The number of halogens is 1. The first-order valence-electron chi connectivity index (χ1n) is 2.95. The fraction of sp³-hybridized carbons (Fsp3) is 1.00. The summed E-state index contributed by atoms with van der Waals surface area (Å²) in [7, 11) is 0. The van der Waals surface area contributed by atoms with E-state index in [9.17, 15) is 4.21 Å². The Labute approximate surface area is 68.5 Å². The van der Waals surface area contributed by atoms with Crippen LogP contribution < -0.4 is 0 Å². The lowest BCUT2D eigenvalue weighted by molar-refractivity contribution is 0.214. The van der Waals surface area contributed by atoms with Crippen molar-refractivity contribution in [2.45, 2.75) is 20.0 Å². The summed E-state index contributed by atoms with van der Waals surface area (Å²) in [5.74, 6) is 0.327. The van der Waals surface area contributed by atoms with Gasteiger partial charge in [-0.2, -0.15) is 4.21 Å². The highest BCUT2D eigenvalue weighted by atomic mass is 35.5. The molecule has 0 aliphatic carbocycles. The summed E-state index contributed by atoms with van der Waals surface area (Å²) in [6.45, 7) is 3.81. The third kappa shape index (κ3) is 6.48. The zero-order valence-electron chi connectivity index (χ0n) is 6.00. The van der Waals surface area contributed by atoms with Crippen molar-refractivity contribution in [2.75, 3.05) is 12.5 Å². The lowest BCUT2D eigenvalue weighted by atomic mass is 10.5. The SMILES string of the molecule is CC(C)OS(=O)OCCCl. The van der Waals surface area contributed by atoms with E-state index in [1.165, 1.54) is 0 Å².